The molecule has 0 spiro atoms. The van der Waals surface area contributed by atoms with Gasteiger partial charge >= 0.3 is 5.97 Å². The van der Waals surface area contributed by atoms with Gasteiger partial charge in [0, 0.05) is 17.6 Å². The van der Waals surface area contributed by atoms with E-state index in [1.54, 1.807) is 19.1 Å². The lowest BCUT2D eigenvalue weighted by Gasteiger charge is -2.21. The topological polar surface area (TPSA) is 109 Å². The monoisotopic (exact) mass is 540 g/mol. The third-order valence-corrected chi connectivity index (χ3v) is 7.80. The minimum atomic E-state index is -3.89. The van der Waals surface area contributed by atoms with Crippen molar-refractivity contribution in [1.29, 1.82) is 0 Å². The Balaban J connectivity index is 1.63. The number of nitrogens with zero attached hydrogens (tertiary/aromatic N) is 2. The maximum absolute atomic E-state index is 13.5. The van der Waals surface area contributed by atoms with Gasteiger partial charge in [-0.2, -0.15) is 4.31 Å². The average Bonchev–Trinajstić information content (AvgIpc) is 3.42. The summed E-state index contributed by atoms with van der Waals surface area (Å²) in [6.45, 7) is 3.63. The van der Waals surface area contributed by atoms with Crippen LogP contribution in [0.25, 0.3) is 6.08 Å². The van der Waals surface area contributed by atoms with Crippen LogP contribution in [0.5, 0.6) is 0 Å². The first-order chi connectivity index (χ1) is 17.6. The van der Waals surface area contributed by atoms with Gasteiger partial charge in [-0.25, -0.2) is 18.2 Å². The highest BCUT2D eigenvalue weighted by atomic mass is 35.5. The summed E-state index contributed by atoms with van der Waals surface area (Å²) in [6.07, 6.45) is 1.47. The van der Waals surface area contributed by atoms with Crippen molar-refractivity contribution in [2.24, 2.45) is 4.99 Å². The molecule has 1 aliphatic rings. The van der Waals surface area contributed by atoms with Crippen molar-refractivity contribution in [1.82, 2.24) is 4.31 Å². The predicted molar refractivity (Wildman–Crippen MR) is 141 cm³/mol. The number of aliphatic hydroxyl groups excluding tert-OH is 1. The van der Waals surface area contributed by atoms with Crippen molar-refractivity contribution < 1.29 is 27.5 Å². The Hall–Kier alpha value is -3.66. The standard InChI is InChI=1S/C27H25ClN2O6S/c1-17-4-6-19(7-5-17)15-30(37(33,34)23-12-8-20(28)9-13-23)16-22-11-10-21(36-22)14-24-26(31)25(18(2)29-24)27(32)35-3/h4-14,31H,15-16H2,1-3H3/b24-14+. The van der Waals surface area contributed by atoms with Crippen molar-refractivity contribution in [3.8, 4) is 0 Å². The van der Waals surface area contributed by atoms with E-state index in [1.165, 1.54) is 41.8 Å². The van der Waals surface area contributed by atoms with Crippen molar-refractivity contribution in [2.45, 2.75) is 31.8 Å². The Morgan fingerprint density at radius 3 is 2.38 bits per heavy atom. The van der Waals surface area contributed by atoms with Gasteiger partial charge in [0.1, 0.15) is 22.8 Å². The van der Waals surface area contributed by atoms with E-state index >= 15 is 0 Å². The number of sulfonamides is 1. The molecule has 1 N–H and O–H groups in total. The molecule has 0 radical (unpaired) electrons. The van der Waals surface area contributed by atoms with Gasteiger partial charge in [0.05, 0.1) is 24.3 Å². The molecule has 0 unspecified atom stereocenters. The molecule has 0 amide bonds. The lowest BCUT2D eigenvalue weighted by molar-refractivity contribution is -0.135. The second kappa shape index (κ2) is 10.8. The van der Waals surface area contributed by atoms with Crippen LogP contribution in [-0.2, 0) is 32.6 Å². The first-order valence-electron chi connectivity index (χ1n) is 11.3. The molecule has 192 valence electrons. The Labute approximate surface area is 220 Å². The number of aliphatic imine (C=N–C) groups is 1. The van der Waals surface area contributed by atoms with Gasteiger partial charge in [0.2, 0.25) is 10.0 Å². The molecule has 0 fully saturated rings. The maximum atomic E-state index is 13.5. The number of benzene rings is 2. The van der Waals surface area contributed by atoms with E-state index in [1.807, 2.05) is 31.2 Å². The molecule has 0 saturated carbocycles. The van der Waals surface area contributed by atoms with Crippen molar-refractivity contribution in [3.63, 3.8) is 0 Å². The fourth-order valence-corrected chi connectivity index (χ4v) is 5.30. The number of carbonyl (C=O) groups is 1. The number of rotatable bonds is 8. The summed E-state index contributed by atoms with van der Waals surface area (Å²) in [5.74, 6) is -0.291. The van der Waals surface area contributed by atoms with Crippen molar-refractivity contribution in [2.75, 3.05) is 7.11 Å². The Kier molecular flexibility index (Phi) is 7.68. The minimum Gasteiger partial charge on any atom is -0.505 e. The maximum Gasteiger partial charge on any atom is 0.343 e. The average molecular weight is 541 g/mol. The molecule has 4 rings (SSSR count). The quantitative estimate of drug-likeness (QED) is 0.381. The number of aryl methyl sites for hydroxylation is 1. The van der Waals surface area contributed by atoms with Crippen LogP contribution in [0.1, 0.15) is 29.6 Å². The number of hydrogen-bond acceptors (Lipinski definition) is 7. The second-order valence-electron chi connectivity index (χ2n) is 8.46. The van der Waals surface area contributed by atoms with Crippen molar-refractivity contribution >= 4 is 39.4 Å². The van der Waals surface area contributed by atoms with Crippen LogP contribution in [0, 0.1) is 6.92 Å². The zero-order valence-electron chi connectivity index (χ0n) is 20.4. The summed E-state index contributed by atoms with van der Waals surface area (Å²) in [5, 5.41) is 10.9. The number of furan rings is 1. The molecule has 8 nitrogen and oxygen atoms in total. The van der Waals surface area contributed by atoms with Crippen LogP contribution >= 0.6 is 11.6 Å². The summed E-state index contributed by atoms with van der Waals surface area (Å²) in [4.78, 5) is 16.2. The lowest BCUT2D eigenvalue weighted by Crippen LogP contribution is -2.30. The van der Waals surface area contributed by atoms with Crippen LogP contribution in [-0.4, -0.2) is 36.6 Å². The number of carbonyl (C=O) groups excluding carboxylic acids is 1. The highest BCUT2D eigenvalue weighted by Gasteiger charge is 2.28. The van der Waals surface area contributed by atoms with Crippen LogP contribution in [0.15, 0.2) is 92.0 Å². The highest BCUT2D eigenvalue weighted by Crippen LogP contribution is 2.28. The van der Waals surface area contributed by atoms with Gasteiger partial charge in [-0.15, -0.1) is 0 Å². The summed E-state index contributed by atoms with van der Waals surface area (Å²) < 4.78 is 39.0. The molecule has 3 aromatic rings. The number of aliphatic hydroxyl groups is 1. The first kappa shape index (κ1) is 26.4. The van der Waals surface area contributed by atoms with E-state index < -0.39 is 16.0 Å². The number of ether oxygens (including phenoxy) is 1. The van der Waals surface area contributed by atoms with E-state index in [0.717, 1.165) is 11.1 Å². The van der Waals surface area contributed by atoms with Gasteiger partial charge < -0.3 is 14.3 Å². The van der Waals surface area contributed by atoms with Gasteiger partial charge in [-0.1, -0.05) is 41.4 Å². The minimum absolute atomic E-state index is 0.0149. The van der Waals surface area contributed by atoms with E-state index in [-0.39, 0.29) is 35.0 Å². The SMILES string of the molecule is COC(=O)C1=C(O)/C(=C\c2ccc(CN(Cc3ccc(C)cc3)S(=O)(=O)c3ccc(Cl)cc3)o2)N=C1C. The molecular formula is C27H25ClN2O6S. The molecule has 1 aliphatic heterocycles. The van der Waals surface area contributed by atoms with Crippen LogP contribution < -0.4 is 0 Å². The Morgan fingerprint density at radius 2 is 1.73 bits per heavy atom. The zero-order valence-corrected chi connectivity index (χ0v) is 22.0. The van der Waals surface area contributed by atoms with Gasteiger partial charge in [-0.3, -0.25) is 0 Å². The van der Waals surface area contributed by atoms with Crippen molar-refractivity contribution in [3.05, 3.63) is 105 Å². The molecule has 37 heavy (non-hydrogen) atoms. The van der Waals surface area contributed by atoms with E-state index in [0.29, 0.717) is 22.3 Å². The predicted octanol–water partition coefficient (Wildman–Crippen LogP) is 5.43. The van der Waals surface area contributed by atoms with Gasteiger partial charge in [0.25, 0.3) is 0 Å². The van der Waals surface area contributed by atoms with E-state index in [4.69, 9.17) is 20.8 Å². The Morgan fingerprint density at radius 1 is 1.05 bits per heavy atom. The summed E-state index contributed by atoms with van der Waals surface area (Å²) in [6, 6.07) is 16.9. The largest absolute Gasteiger partial charge is 0.505 e. The fourth-order valence-electron chi connectivity index (χ4n) is 3.78. The molecular weight excluding hydrogens is 516 g/mol. The van der Waals surface area contributed by atoms with Crippen LogP contribution in [0.3, 0.4) is 0 Å². The molecule has 0 saturated heterocycles. The molecule has 0 bridgehead atoms. The molecule has 10 heteroatoms. The number of esters is 1. The number of methoxy groups -OCH3 is 1. The summed E-state index contributed by atoms with van der Waals surface area (Å²) in [5.41, 5.74) is 2.33. The third kappa shape index (κ3) is 5.85. The molecule has 0 atom stereocenters. The molecule has 2 heterocycles. The van der Waals surface area contributed by atoms with E-state index in [9.17, 15) is 18.3 Å². The summed E-state index contributed by atoms with van der Waals surface area (Å²) in [7, 11) is -2.68. The van der Waals surface area contributed by atoms with Gasteiger partial charge in [-0.05, 0) is 55.8 Å². The molecule has 1 aromatic heterocycles. The first-order valence-corrected chi connectivity index (χ1v) is 13.1. The highest BCUT2D eigenvalue weighted by molar-refractivity contribution is 7.89. The number of halogens is 1. The Bertz CT molecular complexity index is 1520. The fraction of sp³-hybridized carbons (Fsp3) is 0.185. The molecule has 0 aliphatic carbocycles. The normalized spacial score (nSPS) is 14.9. The molecule has 2 aromatic carbocycles. The van der Waals surface area contributed by atoms with Gasteiger partial charge in [0.15, 0.2) is 5.76 Å². The second-order valence-corrected chi connectivity index (χ2v) is 10.8. The number of hydrogen-bond donors (Lipinski definition) is 1. The van der Waals surface area contributed by atoms with Crippen LogP contribution in [0.2, 0.25) is 5.02 Å². The smallest absolute Gasteiger partial charge is 0.343 e. The van der Waals surface area contributed by atoms with E-state index in [2.05, 4.69) is 4.99 Å². The lowest BCUT2D eigenvalue weighted by atomic mass is 10.1. The van der Waals surface area contributed by atoms with Crippen LogP contribution in [0.4, 0.5) is 0 Å². The third-order valence-electron chi connectivity index (χ3n) is 5.74. The summed E-state index contributed by atoms with van der Waals surface area (Å²) >= 11 is 5.96. The zero-order chi connectivity index (χ0) is 26.7.